The van der Waals surface area contributed by atoms with Gasteiger partial charge in [-0.25, -0.2) is 9.78 Å². The lowest BCUT2D eigenvalue weighted by Crippen LogP contribution is -2.09. The molecule has 4 heteroatoms. The second kappa shape index (κ2) is 4.68. The first-order chi connectivity index (χ1) is 9.20. The molecule has 0 atom stereocenters. The highest BCUT2D eigenvalue weighted by Gasteiger charge is 2.23. The van der Waals surface area contributed by atoms with Crippen molar-refractivity contribution in [2.75, 3.05) is 7.11 Å². The lowest BCUT2D eigenvalue weighted by atomic mass is 10.1. The normalized spacial score (nSPS) is 16.1. The molecule has 0 aliphatic heterocycles. The van der Waals surface area contributed by atoms with Crippen molar-refractivity contribution in [3.05, 3.63) is 34.0 Å². The summed E-state index contributed by atoms with van der Waals surface area (Å²) < 4.78 is 10.7. The number of hydrogen-bond donors (Lipinski definition) is 0. The van der Waals surface area contributed by atoms with Gasteiger partial charge in [-0.2, -0.15) is 0 Å². The maximum Gasteiger partial charge on any atom is 0.350 e. The third kappa shape index (κ3) is 2.01. The molecule has 1 aromatic carbocycles. The Balaban J connectivity index is 2.25. The van der Waals surface area contributed by atoms with E-state index < -0.39 is 0 Å². The van der Waals surface area contributed by atoms with Gasteiger partial charge >= 0.3 is 5.63 Å². The summed E-state index contributed by atoms with van der Waals surface area (Å²) in [6.45, 7) is 1.95. The van der Waals surface area contributed by atoms with Crippen LogP contribution in [0.2, 0.25) is 0 Å². The van der Waals surface area contributed by atoms with Crippen LogP contribution in [-0.4, -0.2) is 12.1 Å². The molecule has 1 aliphatic carbocycles. The Morgan fingerprint density at radius 1 is 1.32 bits per heavy atom. The monoisotopic (exact) mass is 259 g/mol. The van der Waals surface area contributed by atoms with E-state index in [1.54, 1.807) is 13.2 Å². The summed E-state index contributed by atoms with van der Waals surface area (Å²) in [6, 6.07) is 3.71. The van der Waals surface area contributed by atoms with Crippen LogP contribution in [0.1, 0.15) is 43.1 Å². The molecular weight excluding hydrogens is 242 g/mol. The molecule has 3 rings (SSSR count). The van der Waals surface area contributed by atoms with Gasteiger partial charge in [0, 0.05) is 5.92 Å². The standard InChI is InChI=1S/C15H17NO3/c1-9-7-8-11(18-2)12-13(9)16-14(19-15(12)17)10-5-3-4-6-10/h7-8,10H,3-6H2,1-2H3. The Morgan fingerprint density at radius 3 is 2.74 bits per heavy atom. The number of rotatable bonds is 2. The summed E-state index contributed by atoms with van der Waals surface area (Å²) in [7, 11) is 1.55. The predicted octanol–water partition coefficient (Wildman–Crippen LogP) is 3.16. The Labute approximate surface area is 111 Å². The summed E-state index contributed by atoms with van der Waals surface area (Å²) >= 11 is 0. The van der Waals surface area contributed by atoms with E-state index in [-0.39, 0.29) is 5.63 Å². The van der Waals surface area contributed by atoms with Crippen LogP contribution in [0, 0.1) is 6.92 Å². The second-order valence-electron chi connectivity index (χ2n) is 5.13. The van der Waals surface area contributed by atoms with Crippen LogP contribution in [0.3, 0.4) is 0 Å². The Morgan fingerprint density at radius 2 is 2.05 bits per heavy atom. The van der Waals surface area contributed by atoms with E-state index in [4.69, 9.17) is 9.15 Å². The van der Waals surface area contributed by atoms with E-state index >= 15 is 0 Å². The topological polar surface area (TPSA) is 52.3 Å². The molecule has 0 radical (unpaired) electrons. The number of nitrogens with zero attached hydrogens (tertiary/aromatic N) is 1. The molecule has 0 amide bonds. The van der Waals surface area contributed by atoms with Crippen LogP contribution in [0.25, 0.3) is 10.9 Å². The van der Waals surface area contributed by atoms with Crippen molar-refractivity contribution < 1.29 is 9.15 Å². The summed E-state index contributed by atoms with van der Waals surface area (Å²) in [4.78, 5) is 16.8. The molecule has 0 unspecified atom stereocenters. The summed E-state index contributed by atoms with van der Waals surface area (Å²) in [5.41, 5.74) is 1.34. The Bertz CT molecular complexity index is 669. The molecule has 100 valence electrons. The summed E-state index contributed by atoms with van der Waals surface area (Å²) in [5, 5.41) is 0.448. The zero-order valence-electron chi connectivity index (χ0n) is 11.2. The van der Waals surface area contributed by atoms with Gasteiger partial charge in [-0.15, -0.1) is 0 Å². The summed E-state index contributed by atoms with van der Waals surface area (Å²) in [5.74, 6) is 1.41. The second-order valence-corrected chi connectivity index (χ2v) is 5.13. The smallest absolute Gasteiger partial charge is 0.350 e. The van der Waals surface area contributed by atoms with Gasteiger partial charge in [-0.3, -0.25) is 0 Å². The van der Waals surface area contributed by atoms with E-state index in [1.807, 2.05) is 13.0 Å². The first-order valence-corrected chi connectivity index (χ1v) is 6.69. The maximum absolute atomic E-state index is 12.2. The molecule has 1 fully saturated rings. The lowest BCUT2D eigenvalue weighted by Gasteiger charge is -2.10. The zero-order valence-corrected chi connectivity index (χ0v) is 11.2. The third-order valence-electron chi connectivity index (χ3n) is 3.89. The number of hydrogen-bond acceptors (Lipinski definition) is 4. The molecule has 1 heterocycles. The number of aromatic nitrogens is 1. The van der Waals surface area contributed by atoms with Crippen molar-refractivity contribution in [2.24, 2.45) is 0 Å². The minimum absolute atomic E-state index is 0.294. The molecule has 4 nitrogen and oxygen atoms in total. The van der Waals surface area contributed by atoms with Crippen molar-refractivity contribution in [1.29, 1.82) is 0 Å². The zero-order chi connectivity index (χ0) is 13.4. The minimum atomic E-state index is -0.340. The minimum Gasteiger partial charge on any atom is -0.496 e. The SMILES string of the molecule is COc1ccc(C)c2nc(C3CCCC3)oc(=O)c12. The predicted molar refractivity (Wildman–Crippen MR) is 72.8 cm³/mol. The van der Waals surface area contributed by atoms with E-state index in [2.05, 4.69) is 4.98 Å². The highest BCUT2D eigenvalue weighted by molar-refractivity contribution is 5.86. The van der Waals surface area contributed by atoms with Crippen LogP contribution >= 0.6 is 0 Å². The van der Waals surface area contributed by atoms with Gasteiger partial charge < -0.3 is 9.15 Å². The van der Waals surface area contributed by atoms with Gasteiger partial charge in [0.2, 0.25) is 5.89 Å². The van der Waals surface area contributed by atoms with Crippen LogP contribution in [0.4, 0.5) is 0 Å². The maximum atomic E-state index is 12.2. The fourth-order valence-electron chi connectivity index (χ4n) is 2.81. The van der Waals surface area contributed by atoms with Crippen molar-refractivity contribution in [3.8, 4) is 5.75 Å². The molecule has 0 saturated heterocycles. The molecule has 2 aromatic rings. The highest BCUT2D eigenvalue weighted by atomic mass is 16.5. The Kier molecular flexibility index (Phi) is 3.01. The first kappa shape index (κ1) is 12.2. The number of methoxy groups -OCH3 is 1. The highest BCUT2D eigenvalue weighted by Crippen LogP contribution is 2.34. The van der Waals surface area contributed by atoms with E-state index in [0.29, 0.717) is 28.5 Å². The van der Waals surface area contributed by atoms with Crippen molar-refractivity contribution >= 4 is 10.9 Å². The van der Waals surface area contributed by atoms with Crippen LogP contribution in [0.5, 0.6) is 5.75 Å². The average molecular weight is 259 g/mol. The van der Waals surface area contributed by atoms with E-state index in [9.17, 15) is 4.79 Å². The molecule has 1 aromatic heterocycles. The Hall–Kier alpha value is -1.84. The van der Waals surface area contributed by atoms with E-state index in [1.165, 1.54) is 12.8 Å². The van der Waals surface area contributed by atoms with Crippen molar-refractivity contribution in [3.63, 3.8) is 0 Å². The third-order valence-corrected chi connectivity index (χ3v) is 3.89. The first-order valence-electron chi connectivity index (χ1n) is 6.69. The fraction of sp³-hybridized carbons (Fsp3) is 0.467. The van der Waals surface area contributed by atoms with Gasteiger partial charge in [0.25, 0.3) is 0 Å². The van der Waals surface area contributed by atoms with Crippen LogP contribution in [-0.2, 0) is 0 Å². The van der Waals surface area contributed by atoms with Gasteiger partial charge in [0.05, 0.1) is 12.6 Å². The number of ether oxygens (including phenoxy) is 1. The average Bonchev–Trinajstić information content (AvgIpc) is 2.93. The van der Waals surface area contributed by atoms with Gasteiger partial charge in [0.15, 0.2) is 0 Å². The molecular formula is C15H17NO3. The van der Waals surface area contributed by atoms with Gasteiger partial charge in [-0.1, -0.05) is 18.9 Å². The number of aryl methyl sites for hydroxylation is 1. The molecule has 19 heavy (non-hydrogen) atoms. The van der Waals surface area contributed by atoms with E-state index in [0.717, 1.165) is 18.4 Å². The molecule has 0 spiro atoms. The molecule has 0 bridgehead atoms. The molecule has 1 aliphatic rings. The quantitative estimate of drug-likeness (QED) is 0.831. The number of fused-ring (bicyclic) bond motifs is 1. The van der Waals surface area contributed by atoms with Crippen LogP contribution < -0.4 is 10.4 Å². The molecule has 0 N–H and O–H groups in total. The summed E-state index contributed by atoms with van der Waals surface area (Å²) in [6.07, 6.45) is 4.49. The molecule has 1 saturated carbocycles. The van der Waals surface area contributed by atoms with Crippen LogP contribution in [0.15, 0.2) is 21.3 Å². The van der Waals surface area contributed by atoms with Crippen molar-refractivity contribution in [1.82, 2.24) is 4.98 Å². The van der Waals surface area contributed by atoms with Crippen molar-refractivity contribution in [2.45, 2.75) is 38.5 Å². The van der Waals surface area contributed by atoms with Gasteiger partial charge in [-0.05, 0) is 31.4 Å². The largest absolute Gasteiger partial charge is 0.496 e. The number of benzene rings is 1. The van der Waals surface area contributed by atoms with Gasteiger partial charge in [0.1, 0.15) is 11.1 Å². The fourth-order valence-corrected chi connectivity index (χ4v) is 2.81. The lowest BCUT2D eigenvalue weighted by molar-refractivity contribution is 0.396.